The van der Waals surface area contributed by atoms with Crippen LogP contribution in [0.4, 0.5) is 0 Å². The Balaban J connectivity index is 1.25. The van der Waals surface area contributed by atoms with Gasteiger partial charge in [-0.1, -0.05) is 111 Å². The molecule has 2 atom stereocenters. The Hall–Kier alpha value is -4.22. The topological polar surface area (TPSA) is 52.2 Å². The number of aromatic nitrogens is 2. The maximum absolute atomic E-state index is 13.9. The van der Waals surface area contributed by atoms with Crippen molar-refractivity contribution in [1.82, 2.24) is 19.8 Å². The van der Waals surface area contributed by atoms with Crippen molar-refractivity contribution in [2.75, 3.05) is 19.6 Å². The minimum absolute atomic E-state index is 0.137. The van der Waals surface area contributed by atoms with E-state index < -0.39 is 0 Å². The second kappa shape index (κ2) is 12.5. The molecule has 1 aliphatic heterocycles. The first-order valence-corrected chi connectivity index (χ1v) is 14.9. The third kappa shape index (κ3) is 5.96. The summed E-state index contributed by atoms with van der Waals surface area (Å²) in [6, 6.07) is 34.2. The molecule has 0 saturated carbocycles. The summed E-state index contributed by atoms with van der Waals surface area (Å²) in [5, 5.41) is 2.14. The highest BCUT2D eigenvalue weighted by Crippen LogP contribution is 2.32. The summed E-state index contributed by atoms with van der Waals surface area (Å²) in [7, 11) is 0. The third-order valence-electron chi connectivity index (χ3n) is 8.50. The lowest BCUT2D eigenvalue weighted by atomic mass is 9.95. The number of imidazole rings is 1. The van der Waals surface area contributed by atoms with Crippen molar-refractivity contribution in [3.05, 3.63) is 126 Å². The monoisotopic (exact) mass is 542 g/mol. The highest BCUT2D eigenvalue weighted by molar-refractivity contribution is 6.07. The molecule has 0 radical (unpaired) electrons. The average molecular weight is 543 g/mol. The van der Waals surface area contributed by atoms with Crippen LogP contribution in [-0.4, -0.2) is 51.4 Å². The van der Waals surface area contributed by atoms with Crippen LogP contribution in [-0.2, 0) is 6.42 Å². The largest absolute Gasteiger partial charge is 0.347 e. The smallest absolute Gasteiger partial charge is 0.254 e. The van der Waals surface area contributed by atoms with Crippen LogP contribution in [0.25, 0.3) is 21.9 Å². The van der Waals surface area contributed by atoms with Crippen LogP contribution in [0.5, 0.6) is 0 Å². The normalized spacial score (nSPS) is 16.6. The summed E-state index contributed by atoms with van der Waals surface area (Å²) in [6.45, 7) is 4.52. The number of carbonyl (C=O) groups is 1. The van der Waals surface area contributed by atoms with Crippen LogP contribution in [0.3, 0.4) is 0 Å². The van der Waals surface area contributed by atoms with Crippen molar-refractivity contribution < 1.29 is 4.79 Å². The second-order valence-corrected chi connectivity index (χ2v) is 11.1. The van der Waals surface area contributed by atoms with Crippen molar-refractivity contribution in [3.8, 4) is 11.1 Å². The lowest BCUT2D eigenvalue weighted by molar-refractivity contribution is 0.0277. The lowest BCUT2D eigenvalue weighted by Gasteiger charge is -2.45. The summed E-state index contributed by atoms with van der Waals surface area (Å²) >= 11 is 0. The van der Waals surface area contributed by atoms with E-state index in [1.54, 1.807) is 6.33 Å². The molecule has 6 rings (SSSR count). The standard InChI is InChI=1S/C36H38N4O/c1-2-3-14-31-25-39(36(41)33-16-9-13-30-12-7-8-15-32(30)33)21-22-40(31)35(34-24-37-26-38-34)23-27-17-19-29(20-18-27)28-10-5-4-6-11-28/h4-13,15-20,24,26,31,35H,2-3,14,21-23,25H2,1H3,(H,37,38)/t31-,35?/m0/s1. The van der Waals surface area contributed by atoms with Crippen LogP contribution < -0.4 is 0 Å². The van der Waals surface area contributed by atoms with Gasteiger partial charge in [-0.15, -0.1) is 0 Å². The molecule has 2 heterocycles. The van der Waals surface area contributed by atoms with Crippen LogP contribution in [0.2, 0.25) is 0 Å². The molecule has 208 valence electrons. The SMILES string of the molecule is CCCC[C@H]1CN(C(=O)c2cccc3ccccc23)CCN1C(Cc1ccc(-c2ccccc2)cc1)c1cnc[nH]1. The highest BCUT2D eigenvalue weighted by Gasteiger charge is 2.35. The molecule has 1 fully saturated rings. The Bertz CT molecular complexity index is 1560. The second-order valence-electron chi connectivity index (χ2n) is 11.1. The number of unbranched alkanes of at least 4 members (excludes halogenated alkanes) is 1. The van der Waals surface area contributed by atoms with Gasteiger partial charge in [0.05, 0.1) is 18.1 Å². The Morgan fingerprint density at radius 3 is 2.44 bits per heavy atom. The van der Waals surface area contributed by atoms with Crippen LogP contribution in [0, 0.1) is 0 Å². The van der Waals surface area contributed by atoms with Crippen LogP contribution >= 0.6 is 0 Å². The Morgan fingerprint density at radius 1 is 0.902 bits per heavy atom. The molecule has 0 bridgehead atoms. The van der Waals surface area contributed by atoms with Gasteiger partial charge in [0.15, 0.2) is 0 Å². The predicted molar refractivity (Wildman–Crippen MR) is 167 cm³/mol. The first-order chi connectivity index (χ1) is 20.2. The molecule has 1 aromatic heterocycles. The zero-order chi connectivity index (χ0) is 28.0. The molecule has 0 spiro atoms. The number of rotatable bonds is 9. The summed E-state index contributed by atoms with van der Waals surface area (Å²) in [5.74, 6) is 0.137. The molecule has 1 aliphatic rings. The predicted octanol–water partition coefficient (Wildman–Crippen LogP) is 7.53. The number of carbonyl (C=O) groups excluding carboxylic acids is 1. The number of fused-ring (bicyclic) bond motifs is 1. The minimum atomic E-state index is 0.137. The number of piperazine rings is 1. The van der Waals surface area contributed by atoms with E-state index in [2.05, 4.69) is 99.5 Å². The molecule has 5 aromatic rings. The molecule has 1 N–H and O–H groups in total. The molecule has 0 aliphatic carbocycles. The van der Waals surface area contributed by atoms with Crippen molar-refractivity contribution in [1.29, 1.82) is 0 Å². The van der Waals surface area contributed by atoms with Gasteiger partial charge in [0.2, 0.25) is 0 Å². The van der Waals surface area contributed by atoms with Crippen molar-refractivity contribution in [3.63, 3.8) is 0 Å². The fourth-order valence-corrected chi connectivity index (χ4v) is 6.29. The number of hydrogen-bond acceptors (Lipinski definition) is 3. The summed E-state index contributed by atoms with van der Waals surface area (Å²) in [6.07, 6.45) is 7.97. The van der Waals surface area contributed by atoms with E-state index in [1.807, 2.05) is 30.5 Å². The van der Waals surface area contributed by atoms with Gasteiger partial charge in [0.25, 0.3) is 5.91 Å². The van der Waals surface area contributed by atoms with Gasteiger partial charge < -0.3 is 9.88 Å². The summed E-state index contributed by atoms with van der Waals surface area (Å²) < 4.78 is 0. The number of hydrogen-bond donors (Lipinski definition) is 1. The van der Waals surface area contributed by atoms with Crippen molar-refractivity contribution in [2.24, 2.45) is 0 Å². The highest BCUT2D eigenvalue weighted by atomic mass is 16.2. The maximum atomic E-state index is 13.9. The van der Waals surface area contributed by atoms with Gasteiger partial charge in [-0.05, 0) is 46.4 Å². The zero-order valence-corrected chi connectivity index (χ0v) is 23.7. The number of amides is 1. The quantitative estimate of drug-likeness (QED) is 0.209. The van der Waals surface area contributed by atoms with Crippen LogP contribution in [0.1, 0.15) is 53.8 Å². The van der Waals surface area contributed by atoms with Crippen molar-refractivity contribution >= 4 is 16.7 Å². The zero-order valence-electron chi connectivity index (χ0n) is 23.7. The minimum Gasteiger partial charge on any atom is -0.347 e. The molecular formula is C36H38N4O. The fourth-order valence-electron chi connectivity index (χ4n) is 6.29. The van der Waals surface area contributed by atoms with Gasteiger partial charge in [-0.3, -0.25) is 9.69 Å². The maximum Gasteiger partial charge on any atom is 0.254 e. The van der Waals surface area contributed by atoms with Crippen LogP contribution in [0.15, 0.2) is 110 Å². The molecule has 5 heteroatoms. The molecule has 4 aromatic carbocycles. The lowest BCUT2D eigenvalue weighted by Crippen LogP contribution is -2.56. The molecule has 41 heavy (non-hydrogen) atoms. The first kappa shape index (κ1) is 27.0. The number of H-pyrrole nitrogens is 1. The molecule has 5 nitrogen and oxygen atoms in total. The Labute approximate surface area is 242 Å². The van der Waals surface area contributed by atoms with Gasteiger partial charge in [-0.25, -0.2) is 4.98 Å². The molecule has 1 unspecified atom stereocenters. The number of aromatic amines is 1. The third-order valence-corrected chi connectivity index (χ3v) is 8.50. The number of nitrogens with zero attached hydrogens (tertiary/aromatic N) is 3. The van der Waals surface area contributed by atoms with E-state index in [0.717, 1.165) is 60.8 Å². The van der Waals surface area contributed by atoms with Crippen molar-refractivity contribution in [2.45, 2.75) is 44.7 Å². The molecule has 1 amide bonds. The number of nitrogens with one attached hydrogen (secondary N) is 1. The Kier molecular flexibility index (Phi) is 8.24. The van der Waals surface area contributed by atoms with E-state index in [9.17, 15) is 4.79 Å². The summed E-state index contributed by atoms with van der Waals surface area (Å²) in [5.41, 5.74) is 5.69. The van der Waals surface area contributed by atoms with Gasteiger partial charge in [0.1, 0.15) is 0 Å². The van der Waals surface area contributed by atoms with E-state index in [-0.39, 0.29) is 18.0 Å². The summed E-state index contributed by atoms with van der Waals surface area (Å²) in [4.78, 5) is 26.4. The first-order valence-electron chi connectivity index (χ1n) is 14.9. The number of benzene rings is 4. The van der Waals surface area contributed by atoms with E-state index in [1.165, 1.54) is 16.7 Å². The van der Waals surface area contributed by atoms with E-state index >= 15 is 0 Å². The molecule has 1 saturated heterocycles. The van der Waals surface area contributed by atoms with Gasteiger partial charge >= 0.3 is 0 Å². The molecular weight excluding hydrogens is 504 g/mol. The van der Waals surface area contributed by atoms with E-state index in [4.69, 9.17) is 0 Å². The Morgan fingerprint density at radius 2 is 1.66 bits per heavy atom. The van der Waals surface area contributed by atoms with Gasteiger partial charge in [0, 0.05) is 37.4 Å². The van der Waals surface area contributed by atoms with E-state index in [0.29, 0.717) is 6.54 Å². The average Bonchev–Trinajstić information content (AvgIpc) is 3.58. The van der Waals surface area contributed by atoms with Gasteiger partial charge in [-0.2, -0.15) is 0 Å². The fraction of sp³-hybridized carbons (Fsp3) is 0.278.